The number of anilines is 3. The van der Waals surface area contributed by atoms with E-state index in [1.165, 1.54) is 5.69 Å². The fourth-order valence-electron chi connectivity index (χ4n) is 5.14. The Balaban J connectivity index is 1.35. The first-order chi connectivity index (χ1) is 20.0. The first-order valence-electron chi connectivity index (χ1n) is 13.6. The van der Waals surface area contributed by atoms with E-state index >= 15 is 0 Å². The number of rotatable bonds is 7. The quantitative estimate of drug-likeness (QED) is 0.272. The topological polar surface area (TPSA) is 75.5 Å². The third kappa shape index (κ3) is 5.75. The van der Waals surface area contributed by atoms with Gasteiger partial charge < -0.3 is 24.4 Å². The summed E-state index contributed by atoms with van der Waals surface area (Å²) in [5.74, 6) is 1.09. The molecule has 208 valence electrons. The second kappa shape index (κ2) is 11.6. The largest absolute Gasteiger partial charge is 0.497 e. The molecule has 0 saturated carbocycles. The lowest BCUT2D eigenvalue weighted by atomic mass is 10.1. The van der Waals surface area contributed by atoms with Crippen LogP contribution < -0.4 is 20.5 Å². The highest BCUT2D eigenvalue weighted by atomic mass is 35.5. The smallest absolute Gasteiger partial charge is 0.278 e. The average Bonchev–Trinajstić information content (AvgIpc) is 3.00. The van der Waals surface area contributed by atoms with Crippen molar-refractivity contribution in [3.8, 4) is 17.0 Å². The number of ether oxygens (including phenoxy) is 1. The van der Waals surface area contributed by atoms with Gasteiger partial charge >= 0.3 is 0 Å². The Morgan fingerprint density at radius 2 is 1.73 bits per heavy atom. The third-order valence-electron chi connectivity index (χ3n) is 7.46. The Bertz CT molecular complexity index is 1750. The molecule has 1 saturated heterocycles. The van der Waals surface area contributed by atoms with E-state index in [2.05, 4.69) is 44.3 Å². The zero-order valence-electron chi connectivity index (χ0n) is 23.0. The van der Waals surface area contributed by atoms with Crippen LogP contribution in [0.2, 0.25) is 5.02 Å². The summed E-state index contributed by atoms with van der Waals surface area (Å²) in [7, 11) is 3.78. The predicted octanol–water partition coefficient (Wildman–Crippen LogP) is 5.66. The Kier molecular flexibility index (Phi) is 7.59. The minimum Gasteiger partial charge on any atom is -0.497 e. The standard InChI is InChI=1S/C32H31ClN6O2/c1-37-14-16-38(17-15-37)25-12-10-24(11-13-25)35-32-34-20-23-19-29(27-8-3-4-9-28(27)33)39(31(40)30(23)36-32)21-22-6-5-7-26(18-22)41-2/h3-13,18-20H,14-17,21H2,1-2H3,(H,34,35,36). The molecule has 3 heterocycles. The molecule has 0 radical (unpaired) electrons. The van der Waals surface area contributed by atoms with Gasteiger partial charge in [-0.05, 0) is 61.1 Å². The van der Waals surface area contributed by atoms with Crippen molar-refractivity contribution in [1.29, 1.82) is 0 Å². The molecule has 0 aliphatic carbocycles. The van der Waals surface area contributed by atoms with Crippen molar-refractivity contribution in [2.24, 2.45) is 0 Å². The fourth-order valence-corrected chi connectivity index (χ4v) is 5.38. The summed E-state index contributed by atoms with van der Waals surface area (Å²) in [5, 5.41) is 4.47. The minimum atomic E-state index is -0.226. The van der Waals surface area contributed by atoms with Gasteiger partial charge in [-0.1, -0.05) is 41.9 Å². The summed E-state index contributed by atoms with van der Waals surface area (Å²) in [4.78, 5) is 27.9. The number of methoxy groups -OCH3 is 1. The molecule has 6 rings (SSSR count). The maximum Gasteiger partial charge on any atom is 0.278 e. The summed E-state index contributed by atoms with van der Waals surface area (Å²) >= 11 is 6.59. The van der Waals surface area contributed by atoms with Crippen molar-refractivity contribution < 1.29 is 4.74 Å². The van der Waals surface area contributed by atoms with Crippen LogP contribution in [0.3, 0.4) is 0 Å². The van der Waals surface area contributed by atoms with E-state index in [0.717, 1.165) is 48.7 Å². The number of hydrogen-bond acceptors (Lipinski definition) is 7. The first-order valence-corrected chi connectivity index (χ1v) is 14.0. The van der Waals surface area contributed by atoms with Gasteiger partial charge in [-0.3, -0.25) is 4.79 Å². The number of halogens is 1. The predicted molar refractivity (Wildman–Crippen MR) is 166 cm³/mol. The van der Waals surface area contributed by atoms with Crippen LogP contribution in [0.25, 0.3) is 22.2 Å². The fraction of sp³-hybridized carbons (Fsp3) is 0.219. The van der Waals surface area contributed by atoms with Gasteiger partial charge in [0.15, 0.2) is 0 Å². The van der Waals surface area contributed by atoms with E-state index in [0.29, 0.717) is 34.1 Å². The van der Waals surface area contributed by atoms with Gasteiger partial charge in [-0.15, -0.1) is 0 Å². The van der Waals surface area contributed by atoms with Crippen molar-refractivity contribution in [2.45, 2.75) is 6.54 Å². The molecule has 1 aliphatic rings. The highest BCUT2D eigenvalue weighted by Crippen LogP contribution is 2.30. The van der Waals surface area contributed by atoms with Crippen molar-refractivity contribution >= 4 is 39.8 Å². The summed E-state index contributed by atoms with van der Waals surface area (Å²) in [6.07, 6.45) is 1.68. The van der Waals surface area contributed by atoms with E-state index in [-0.39, 0.29) is 5.56 Å². The Hall–Kier alpha value is -4.40. The van der Waals surface area contributed by atoms with E-state index in [4.69, 9.17) is 16.3 Å². The number of benzene rings is 3. The molecule has 3 aromatic carbocycles. The van der Waals surface area contributed by atoms with Crippen LogP contribution in [0.15, 0.2) is 89.9 Å². The van der Waals surface area contributed by atoms with Gasteiger partial charge in [-0.25, -0.2) is 9.97 Å². The van der Waals surface area contributed by atoms with Gasteiger partial charge in [0.25, 0.3) is 5.56 Å². The second-order valence-corrected chi connectivity index (χ2v) is 10.6. The van der Waals surface area contributed by atoms with E-state index < -0.39 is 0 Å². The maximum atomic E-state index is 14.0. The molecule has 8 nitrogen and oxygen atoms in total. The highest BCUT2D eigenvalue weighted by Gasteiger charge is 2.17. The highest BCUT2D eigenvalue weighted by molar-refractivity contribution is 6.33. The molecule has 5 aromatic rings. The Morgan fingerprint density at radius 3 is 2.49 bits per heavy atom. The lowest BCUT2D eigenvalue weighted by Gasteiger charge is -2.34. The SMILES string of the molecule is COc1cccc(Cn2c(-c3ccccc3Cl)cc3cnc(Nc4ccc(N5CCN(C)CC5)cc4)nc3c2=O)c1. The molecular formula is C32H31ClN6O2. The molecule has 0 bridgehead atoms. The molecule has 1 N–H and O–H groups in total. The van der Waals surface area contributed by atoms with Crippen LogP contribution >= 0.6 is 11.6 Å². The molecule has 1 fully saturated rings. The lowest BCUT2D eigenvalue weighted by Crippen LogP contribution is -2.44. The molecule has 0 atom stereocenters. The first kappa shape index (κ1) is 26.8. The normalized spacial score (nSPS) is 13.9. The van der Waals surface area contributed by atoms with Gasteiger partial charge in [0.05, 0.1) is 19.3 Å². The van der Waals surface area contributed by atoms with Crippen molar-refractivity contribution in [3.05, 3.63) is 106 Å². The van der Waals surface area contributed by atoms with Crippen LogP contribution in [0.1, 0.15) is 5.56 Å². The minimum absolute atomic E-state index is 0.226. The van der Waals surface area contributed by atoms with Crippen molar-refractivity contribution in [3.63, 3.8) is 0 Å². The number of aromatic nitrogens is 3. The number of nitrogens with one attached hydrogen (secondary N) is 1. The summed E-state index contributed by atoms with van der Waals surface area (Å²) < 4.78 is 7.11. The average molecular weight is 567 g/mol. The third-order valence-corrected chi connectivity index (χ3v) is 7.79. The van der Waals surface area contributed by atoms with Crippen LogP contribution in [0.5, 0.6) is 5.75 Å². The molecule has 0 spiro atoms. The molecule has 2 aromatic heterocycles. The van der Waals surface area contributed by atoms with Gasteiger partial charge in [0.1, 0.15) is 11.3 Å². The van der Waals surface area contributed by atoms with Crippen molar-refractivity contribution in [1.82, 2.24) is 19.4 Å². The van der Waals surface area contributed by atoms with E-state index in [1.807, 2.05) is 66.7 Å². The van der Waals surface area contributed by atoms with Crippen LogP contribution in [-0.4, -0.2) is 59.8 Å². The summed E-state index contributed by atoms with van der Waals surface area (Å²) in [6, 6.07) is 25.4. The molecule has 9 heteroatoms. The molecule has 0 amide bonds. The van der Waals surface area contributed by atoms with E-state index in [1.54, 1.807) is 17.9 Å². The van der Waals surface area contributed by atoms with E-state index in [9.17, 15) is 4.79 Å². The molecule has 0 unspecified atom stereocenters. The van der Waals surface area contributed by atoms with Crippen LogP contribution in [0, 0.1) is 0 Å². The van der Waals surface area contributed by atoms with Gasteiger partial charge in [0.2, 0.25) is 5.95 Å². The number of piperazine rings is 1. The van der Waals surface area contributed by atoms with Crippen molar-refractivity contribution in [2.75, 3.05) is 50.6 Å². The second-order valence-electron chi connectivity index (χ2n) is 10.2. The molecule has 1 aliphatic heterocycles. The Labute approximate surface area is 243 Å². The number of fused-ring (bicyclic) bond motifs is 1. The Morgan fingerprint density at radius 1 is 0.951 bits per heavy atom. The van der Waals surface area contributed by atoms with Gasteiger partial charge in [-0.2, -0.15) is 0 Å². The number of pyridine rings is 1. The zero-order valence-corrected chi connectivity index (χ0v) is 23.8. The summed E-state index contributed by atoms with van der Waals surface area (Å²) in [6.45, 7) is 4.45. The molecular weight excluding hydrogens is 536 g/mol. The lowest BCUT2D eigenvalue weighted by molar-refractivity contribution is 0.313. The van der Waals surface area contributed by atoms with Crippen LogP contribution in [0.4, 0.5) is 17.3 Å². The zero-order chi connectivity index (χ0) is 28.3. The van der Waals surface area contributed by atoms with Gasteiger partial charge in [0, 0.05) is 59.7 Å². The summed E-state index contributed by atoms with van der Waals surface area (Å²) in [5.41, 5.74) is 4.53. The monoisotopic (exact) mass is 566 g/mol. The maximum absolute atomic E-state index is 14.0. The number of likely N-dealkylation sites (N-methyl/N-ethyl adjacent to an activating group) is 1. The number of hydrogen-bond donors (Lipinski definition) is 1. The number of nitrogens with zero attached hydrogens (tertiary/aromatic N) is 5. The molecule has 41 heavy (non-hydrogen) atoms. The van der Waals surface area contributed by atoms with Crippen LogP contribution in [-0.2, 0) is 6.54 Å².